The van der Waals surface area contributed by atoms with Crippen LogP contribution in [0.25, 0.3) is 11.2 Å². The van der Waals surface area contributed by atoms with Crippen molar-refractivity contribution in [2.24, 2.45) is 0 Å². The quantitative estimate of drug-likeness (QED) is 0.392. The second-order valence-electron chi connectivity index (χ2n) is 8.68. The largest absolute Gasteiger partial charge is 0.416 e. The zero-order valence-corrected chi connectivity index (χ0v) is 19.9. The van der Waals surface area contributed by atoms with Crippen LogP contribution in [0, 0.1) is 5.82 Å². The molecule has 1 aliphatic rings. The minimum atomic E-state index is -4.50. The molecule has 37 heavy (non-hydrogen) atoms. The van der Waals surface area contributed by atoms with Crippen molar-refractivity contribution in [2.75, 3.05) is 13.1 Å². The Morgan fingerprint density at radius 1 is 1.05 bits per heavy atom. The van der Waals surface area contributed by atoms with Crippen LogP contribution in [0.3, 0.4) is 0 Å². The predicted octanol–water partition coefficient (Wildman–Crippen LogP) is 3.29. The van der Waals surface area contributed by atoms with Crippen LogP contribution in [0.1, 0.15) is 35.7 Å². The second kappa shape index (κ2) is 9.34. The van der Waals surface area contributed by atoms with Gasteiger partial charge in [-0.15, -0.1) is 5.10 Å². The van der Waals surface area contributed by atoms with Gasteiger partial charge in [0.2, 0.25) is 10.0 Å². The third kappa shape index (κ3) is 4.85. The molecular formula is C23H20F4N6O3S. The van der Waals surface area contributed by atoms with E-state index in [-0.39, 0.29) is 36.7 Å². The smallest absolute Gasteiger partial charge is 0.308 e. The number of hydrogen-bond acceptors (Lipinski definition) is 6. The van der Waals surface area contributed by atoms with Gasteiger partial charge in [0.1, 0.15) is 16.5 Å². The molecule has 1 aliphatic heterocycles. The molecule has 0 radical (unpaired) electrons. The molecule has 0 atom stereocenters. The summed E-state index contributed by atoms with van der Waals surface area (Å²) in [5.41, 5.74) is -1.01. The summed E-state index contributed by atoms with van der Waals surface area (Å²) in [4.78, 5) is 19.4. The molecule has 0 unspecified atom stereocenters. The normalized spacial score (nSPS) is 15.9. The zero-order chi connectivity index (χ0) is 26.4. The number of alkyl halides is 3. The molecule has 5 rings (SSSR count). The summed E-state index contributed by atoms with van der Waals surface area (Å²) in [7, 11) is -4.03. The first kappa shape index (κ1) is 25.0. The van der Waals surface area contributed by atoms with Gasteiger partial charge in [-0.1, -0.05) is 29.5 Å². The van der Waals surface area contributed by atoms with E-state index in [2.05, 4.69) is 20.3 Å². The molecule has 194 valence electrons. The average molecular weight is 537 g/mol. The molecule has 2 aromatic heterocycles. The molecule has 0 bridgehead atoms. The molecule has 4 aromatic rings. The van der Waals surface area contributed by atoms with Crippen molar-refractivity contribution in [1.82, 2.24) is 29.3 Å². The van der Waals surface area contributed by atoms with Crippen molar-refractivity contribution in [2.45, 2.75) is 36.4 Å². The van der Waals surface area contributed by atoms with Crippen molar-refractivity contribution in [1.29, 1.82) is 0 Å². The van der Waals surface area contributed by atoms with Gasteiger partial charge >= 0.3 is 6.18 Å². The topological polar surface area (TPSA) is 114 Å². The Balaban J connectivity index is 1.38. The van der Waals surface area contributed by atoms with E-state index in [4.69, 9.17) is 0 Å². The Labute approximate surface area is 207 Å². The first-order chi connectivity index (χ1) is 17.5. The van der Waals surface area contributed by atoms with E-state index in [0.717, 1.165) is 18.2 Å². The highest BCUT2D eigenvalue weighted by Crippen LogP contribution is 2.31. The third-order valence-electron chi connectivity index (χ3n) is 6.27. The van der Waals surface area contributed by atoms with Gasteiger partial charge in [0, 0.05) is 19.0 Å². The minimum absolute atomic E-state index is 0.0599. The lowest BCUT2D eigenvalue weighted by Crippen LogP contribution is -2.38. The summed E-state index contributed by atoms with van der Waals surface area (Å²) >= 11 is 0. The van der Waals surface area contributed by atoms with Gasteiger partial charge in [0.25, 0.3) is 5.56 Å². The summed E-state index contributed by atoms with van der Waals surface area (Å²) in [6.45, 7) is 0.0886. The molecule has 0 saturated carbocycles. The zero-order valence-electron chi connectivity index (χ0n) is 19.1. The first-order valence-electron chi connectivity index (χ1n) is 11.3. The number of sulfonamides is 1. The fourth-order valence-corrected chi connectivity index (χ4v) is 5.90. The number of H-pyrrole nitrogens is 1. The molecule has 9 nitrogen and oxygen atoms in total. The predicted molar refractivity (Wildman–Crippen MR) is 124 cm³/mol. The van der Waals surface area contributed by atoms with Gasteiger partial charge in [-0.3, -0.25) is 4.79 Å². The molecule has 1 saturated heterocycles. The van der Waals surface area contributed by atoms with Crippen molar-refractivity contribution in [3.05, 3.63) is 81.7 Å². The number of benzene rings is 2. The maximum absolute atomic E-state index is 14.1. The van der Waals surface area contributed by atoms with E-state index < -0.39 is 38.0 Å². The lowest BCUT2D eigenvalue weighted by atomic mass is 9.97. The fraction of sp³-hybridized carbons (Fsp3) is 0.304. The number of fused-ring (bicyclic) bond motifs is 1. The van der Waals surface area contributed by atoms with Gasteiger partial charge in [0.05, 0.1) is 12.1 Å². The van der Waals surface area contributed by atoms with Gasteiger partial charge in [-0.25, -0.2) is 22.5 Å². The molecule has 0 spiro atoms. The number of nitrogens with zero attached hydrogens (tertiary/aromatic N) is 5. The summed E-state index contributed by atoms with van der Waals surface area (Å²) in [5.74, 6) is -0.836. The second-order valence-corrected chi connectivity index (χ2v) is 10.6. The fourth-order valence-electron chi connectivity index (χ4n) is 4.36. The first-order valence-corrected chi connectivity index (χ1v) is 12.7. The Morgan fingerprint density at radius 3 is 2.49 bits per heavy atom. The Morgan fingerprint density at radius 2 is 1.78 bits per heavy atom. The highest BCUT2D eigenvalue weighted by Gasteiger charge is 2.33. The molecular weight excluding hydrogens is 516 g/mol. The summed E-state index contributed by atoms with van der Waals surface area (Å²) in [5, 5.41) is 7.71. The standard InChI is InChI=1S/C23H20F4N6O3S/c24-17-6-1-2-7-18(17)37(35,36)32-10-8-15(9-11-32)20-28-21-19(22(34)29-20)30-31-33(21)13-14-4-3-5-16(12-14)23(25,26)27/h1-7,12,15H,8-11,13H2,(H,28,29,34). The maximum Gasteiger partial charge on any atom is 0.416 e. The Kier molecular flexibility index (Phi) is 6.31. The highest BCUT2D eigenvalue weighted by atomic mass is 32.2. The number of aromatic nitrogens is 5. The van der Waals surface area contributed by atoms with E-state index >= 15 is 0 Å². The molecule has 0 aliphatic carbocycles. The van der Waals surface area contributed by atoms with E-state index in [1.165, 1.54) is 39.3 Å². The minimum Gasteiger partial charge on any atom is -0.308 e. The van der Waals surface area contributed by atoms with Crippen LogP contribution in [-0.2, 0) is 22.7 Å². The van der Waals surface area contributed by atoms with E-state index in [0.29, 0.717) is 24.2 Å². The van der Waals surface area contributed by atoms with Gasteiger partial charge in [0.15, 0.2) is 11.2 Å². The maximum atomic E-state index is 14.1. The molecule has 14 heteroatoms. The number of rotatable bonds is 5. The van der Waals surface area contributed by atoms with Crippen LogP contribution in [0.5, 0.6) is 0 Å². The Bertz CT molecular complexity index is 1630. The van der Waals surface area contributed by atoms with Crippen LogP contribution < -0.4 is 5.56 Å². The lowest BCUT2D eigenvalue weighted by Gasteiger charge is -2.30. The third-order valence-corrected chi connectivity index (χ3v) is 8.21. The number of piperidine rings is 1. The van der Waals surface area contributed by atoms with Crippen LogP contribution in [0.4, 0.5) is 17.6 Å². The summed E-state index contributed by atoms with van der Waals surface area (Å²) in [6, 6.07) is 9.89. The van der Waals surface area contributed by atoms with Gasteiger partial charge in [-0.05, 0) is 42.7 Å². The summed E-state index contributed by atoms with van der Waals surface area (Å²) in [6.07, 6.45) is -3.87. The number of halogens is 4. The van der Waals surface area contributed by atoms with Crippen LogP contribution in [0.2, 0.25) is 0 Å². The number of hydrogen-bond donors (Lipinski definition) is 1. The lowest BCUT2D eigenvalue weighted by molar-refractivity contribution is -0.137. The van der Waals surface area contributed by atoms with E-state index in [9.17, 15) is 30.8 Å². The summed E-state index contributed by atoms with van der Waals surface area (Å²) < 4.78 is 81.5. The van der Waals surface area contributed by atoms with E-state index in [1.807, 2.05) is 0 Å². The molecule has 3 heterocycles. The van der Waals surface area contributed by atoms with Crippen LogP contribution in [-0.4, -0.2) is 50.8 Å². The van der Waals surface area contributed by atoms with Crippen molar-refractivity contribution >= 4 is 21.2 Å². The Hall–Kier alpha value is -3.65. The van der Waals surface area contributed by atoms with Gasteiger partial charge < -0.3 is 4.98 Å². The van der Waals surface area contributed by atoms with Gasteiger partial charge in [-0.2, -0.15) is 17.5 Å². The van der Waals surface area contributed by atoms with Crippen molar-refractivity contribution in [3.63, 3.8) is 0 Å². The number of aromatic amines is 1. The molecule has 0 amide bonds. The molecule has 1 N–H and O–H groups in total. The van der Waals surface area contributed by atoms with Crippen molar-refractivity contribution in [3.8, 4) is 0 Å². The van der Waals surface area contributed by atoms with Crippen molar-refractivity contribution < 1.29 is 26.0 Å². The molecule has 1 fully saturated rings. The highest BCUT2D eigenvalue weighted by molar-refractivity contribution is 7.89. The SMILES string of the molecule is O=c1[nH]c(C2CCN(S(=O)(=O)c3ccccc3F)CC2)nc2c1nnn2Cc1cccc(C(F)(F)F)c1. The number of nitrogens with one attached hydrogen (secondary N) is 1. The monoisotopic (exact) mass is 536 g/mol. The van der Waals surface area contributed by atoms with Crippen LogP contribution >= 0.6 is 0 Å². The van der Waals surface area contributed by atoms with E-state index in [1.54, 1.807) is 0 Å². The van der Waals surface area contributed by atoms with Crippen LogP contribution in [0.15, 0.2) is 58.2 Å². The molecule has 2 aromatic carbocycles. The average Bonchev–Trinajstić information content (AvgIpc) is 3.27.